The highest BCUT2D eigenvalue weighted by molar-refractivity contribution is 9.10. The lowest BCUT2D eigenvalue weighted by Gasteiger charge is -2.22. The third-order valence-corrected chi connectivity index (χ3v) is 4.82. The number of halogens is 1. The molecule has 0 spiro atoms. The maximum atomic E-state index is 12.6. The molecule has 0 atom stereocenters. The zero-order valence-electron chi connectivity index (χ0n) is 17.6. The molecule has 9 heteroatoms. The lowest BCUT2D eigenvalue weighted by Crippen LogP contribution is -2.40. The summed E-state index contributed by atoms with van der Waals surface area (Å²) < 4.78 is 6.14. The van der Waals surface area contributed by atoms with Gasteiger partial charge in [0.2, 0.25) is 11.8 Å². The second-order valence-electron chi connectivity index (χ2n) is 6.70. The number of anilines is 2. The van der Waals surface area contributed by atoms with Crippen LogP contribution in [0.1, 0.15) is 19.8 Å². The van der Waals surface area contributed by atoms with Gasteiger partial charge in [0, 0.05) is 29.7 Å². The van der Waals surface area contributed by atoms with E-state index in [2.05, 4.69) is 31.9 Å². The highest BCUT2D eigenvalue weighted by Crippen LogP contribution is 2.22. The summed E-state index contributed by atoms with van der Waals surface area (Å²) in [6.07, 6.45) is 0.806. The summed E-state index contributed by atoms with van der Waals surface area (Å²) in [5, 5.41) is 8.12. The molecule has 2 aromatic rings. The van der Waals surface area contributed by atoms with Crippen molar-refractivity contribution in [2.24, 2.45) is 0 Å². The van der Waals surface area contributed by atoms with Gasteiger partial charge < -0.3 is 25.6 Å². The van der Waals surface area contributed by atoms with Gasteiger partial charge in [-0.2, -0.15) is 0 Å². The highest BCUT2D eigenvalue weighted by atomic mass is 79.9. The van der Waals surface area contributed by atoms with Crippen LogP contribution >= 0.6 is 15.9 Å². The molecule has 0 aliphatic carbocycles. The molecule has 0 fully saturated rings. The molecule has 0 aliphatic rings. The number of hydrogen-bond acceptors (Lipinski definition) is 4. The normalized spacial score (nSPS) is 10.2. The van der Waals surface area contributed by atoms with Crippen molar-refractivity contribution in [1.29, 1.82) is 0 Å². The minimum atomic E-state index is -0.397. The van der Waals surface area contributed by atoms with Crippen LogP contribution in [0.3, 0.4) is 0 Å². The van der Waals surface area contributed by atoms with E-state index in [4.69, 9.17) is 4.74 Å². The Bertz CT molecular complexity index is 889. The molecule has 4 amide bonds. The number of urea groups is 1. The highest BCUT2D eigenvalue weighted by Gasteiger charge is 2.17. The van der Waals surface area contributed by atoms with Gasteiger partial charge in [-0.1, -0.05) is 35.0 Å². The van der Waals surface area contributed by atoms with Gasteiger partial charge in [0.15, 0.2) is 0 Å². The summed E-state index contributed by atoms with van der Waals surface area (Å²) >= 11 is 3.33. The molecular weight excluding hydrogens is 464 g/mol. The smallest absolute Gasteiger partial charge is 0.319 e. The SMILES string of the molecule is CCCN(CC(=O)Nc1ccccc1OC)C(=O)CCNC(=O)Nc1ccc(Br)cc1. The Kier molecular flexibility index (Phi) is 9.83. The van der Waals surface area contributed by atoms with E-state index in [-0.39, 0.29) is 31.3 Å². The van der Waals surface area contributed by atoms with Crippen molar-refractivity contribution in [2.45, 2.75) is 19.8 Å². The van der Waals surface area contributed by atoms with Gasteiger partial charge in [0.25, 0.3) is 0 Å². The summed E-state index contributed by atoms with van der Waals surface area (Å²) in [4.78, 5) is 38.5. The molecular formula is C22H27BrN4O4. The van der Waals surface area contributed by atoms with Crippen molar-refractivity contribution in [3.8, 4) is 5.75 Å². The van der Waals surface area contributed by atoms with E-state index >= 15 is 0 Å². The number of carbonyl (C=O) groups excluding carboxylic acids is 3. The van der Waals surface area contributed by atoms with E-state index in [1.165, 1.54) is 12.0 Å². The van der Waals surface area contributed by atoms with Gasteiger partial charge in [0.05, 0.1) is 19.3 Å². The van der Waals surface area contributed by atoms with Crippen LogP contribution in [0.15, 0.2) is 53.0 Å². The van der Waals surface area contributed by atoms with Crippen LogP contribution < -0.4 is 20.7 Å². The van der Waals surface area contributed by atoms with Crippen molar-refractivity contribution in [3.63, 3.8) is 0 Å². The molecule has 2 aromatic carbocycles. The van der Waals surface area contributed by atoms with Crippen LogP contribution in [-0.2, 0) is 9.59 Å². The maximum Gasteiger partial charge on any atom is 0.319 e. The first-order valence-corrected chi connectivity index (χ1v) is 10.7. The predicted octanol–water partition coefficient (Wildman–Crippen LogP) is 3.85. The predicted molar refractivity (Wildman–Crippen MR) is 124 cm³/mol. The van der Waals surface area contributed by atoms with Crippen LogP contribution in [-0.4, -0.2) is 49.5 Å². The Labute approximate surface area is 190 Å². The molecule has 0 radical (unpaired) electrons. The average Bonchev–Trinajstić information content (AvgIpc) is 2.75. The zero-order chi connectivity index (χ0) is 22.6. The first kappa shape index (κ1) is 24.2. The third-order valence-electron chi connectivity index (χ3n) is 4.29. The second-order valence-corrected chi connectivity index (χ2v) is 7.62. The average molecular weight is 491 g/mol. The quantitative estimate of drug-likeness (QED) is 0.470. The van der Waals surface area contributed by atoms with E-state index < -0.39 is 6.03 Å². The molecule has 0 aliphatic heterocycles. The fourth-order valence-electron chi connectivity index (χ4n) is 2.82. The number of para-hydroxylation sites is 2. The van der Waals surface area contributed by atoms with Gasteiger partial charge in [-0.25, -0.2) is 4.79 Å². The summed E-state index contributed by atoms with van der Waals surface area (Å²) in [5.41, 5.74) is 1.19. The van der Waals surface area contributed by atoms with Crippen molar-refractivity contribution in [2.75, 3.05) is 37.4 Å². The molecule has 0 unspecified atom stereocenters. The van der Waals surface area contributed by atoms with Gasteiger partial charge in [-0.15, -0.1) is 0 Å². The lowest BCUT2D eigenvalue weighted by atomic mass is 10.2. The van der Waals surface area contributed by atoms with E-state index in [0.717, 1.165) is 4.47 Å². The number of hydrogen-bond donors (Lipinski definition) is 3. The van der Waals surface area contributed by atoms with Gasteiger partial charge in [0.1, 0.15) is 5.75 Å². The van der Waals surface area contributed by atoms with Gasteiger partial charge >= 0.3 is 6.03 Å². The number of benzene rings is 2. The topological polar surface area (TPSA) is 99.8 Å². The summed E-state index contributed by atoms with van der Waals surface area (Å²) in [6.45, 7) is 2.47. The number of nitrogens with one attached hydrogen (secondary N) is 3. The first-order valence-electron chi connectivity index (χ1n) is 9.94. The Balaban J connectivity index is 1.81. The molecule has 166 valence electrons. The minimum Gasteiger partial charge on any atom is -0.495 e. The number of nitrogens with zero attached hydrogens (tertiary/aromatic N) is 1. The molecule has 0 bridgehead atoms. The molecule has 2 rings (SSSR count). The monoisotopic (exact) mass is 490 g/mol. The molecule has 0 aromatic heterocycles. The fourth-order valence-corrected chi connectivity index (χ4v) is 3.09. The standard InChI is InChI=1S/C22H27BrN4O4/c1-3-14-27(15-20(28)26-18-6-4-5-7-19(18)31-2)21(29)12-13-24-22(30)25-17-10-8-16(23)9-11-17/h4-11H,3,12-15H2,1-2H3,(H,26,28)(H2,24,25,30). The van der Waals surface area contributed by atoms with Crippen LogP contribution in [0.4, 0.5) is 16.2 Å². The van der Waals surface area contributed by atoms with Crippen molar-refractivity contribution in [1.82, 2.24) is 10.2 Å². The largest absolute Gasteiger partial charge is 0.495 e. The fraction of sp³-hybridized carbons (Fsp3) is 0.318. The number of ether oxygens (including phenoxy) is 1. The van der Waals surface area contributed by atoms with Crippen LogP contribution in [0.5, 0.6) is 5.75 Å². The first-order chi connectivity index (χ1) is 14.9. The zero-order valence-corrected chi connectivity index (χ0v) is 19.2. The number of rotatable bonds is 10. The van der Waals surface area contributed by atoms with Crippen LogP contribution in [0.2, 0.25) is 0 Å². The van der Waals surface area contributed by atoms with Crippen LogP contribution in [0.25, 0.3) is 0 Å². The maximum absolute atomic E-state index is 12.6. The van der Waals surface area contributed by atoms with E-state index in [1.807, 2.05) is 19.1 Å². The molecule has 0 saturated carbocycles. The Morgan fingerprint density at radius 3 is 2.42 bits per heavy atom. The Morgan fingerprint density at radius 2 is 1.74 bits per heavy atom. The van der Waals surface area contributed by atoms with Crippen molar-refractivity contribution in [3.05, 3.63) is 53.0 Å². The third kappa shape index (κ3) is 8.29. The Hall–Kier alpha value is -3.07. The summed E-state index contributed by atoms with van der Waals surface area (Å²) in [7, 11) is 1.53. The number of carbonyl (C=O) groups is 3. The lowest BCUT2D eigenvalue weighted by molar-refractivity contribution is -0.134. The van der Waals surface area contributed by atoms with E-state index in [9.17, 15) is 14.4 Å². The summed E-state index contributed by atoms with van der Waals surface area (Å²) in [6, 6.07) is 13.8. The van der Waals surface area contributed by atoms with Gasteiger partial charge in [-0.05, 0) is 42.8 Å². The molecule has 31 heavy (non-hydrogen) atoms. The Morgan fingerprint density at radius 1 is 1.03 bits per heavy atom. The molecule has 8 nitrogen and oxygen atoms in total. The molecule has 0 saturated heterocycles. The van der Waals surface area contributed by atoms with Gasteiger partial charge in [-0.3, -0.25) is 9.59 Å². The molecule has 3 N–H and O–H groups in total. The summed E-state index contributed by atoms with van der Waals surface area (Å²) in [5.74, 6) is 0.0263. The molecule has 0 heterocycles. The minimum absolute atomic E-state index is 0.0736. The van der Waals surface area contributed by atoms with Crippen molar-refractivity contribution < 1.29 is 19.1 Å². The van der Waals surface area contributed by atoms with Crippen LogP contribution in [0, 0.1) is 0 Å². The van der Waals surface area contributed by atoms with Crippen molar-refractivity contribution >= 4 is 45.2 Å². The number of amides is 4. The second kappa shape index (κ2) is 12.6. The van der Waals surface area contributed by atoms with E-state index in [0.29, 0.717) is 30.1 Å². The van der Waals surface area contributed by atoms with E-state index in [1.54, 1.807) is 36.4 Å². The number of methoxy groups -OCH3 is 1.